The van der Waals surface area contributed by atoms with E-state index in [1.807, 2.05) is 25.1 Å². The zero-order valence-corrected chi connectivity index (χ0v) is 8.60. The van der Waals surface area contributed by atoms with Crippen LogP contribution in [0.1, 0.15) is 18.9 Å². The molecular formula is C11H13N3O. The van der Waals surface area contributed by atoms with Gasteiger partial charge in [0.15, 0.2) is 0 Å². The van der Waals surface area contributed by atoms with E-state index in [0.717, 1.165) is 5.56 Å². The first-order valence-electron chi connectivity index (χ1n) is 4.84. The zero-order valence-electron chi connectivity index (χ0n) is 8.60. The minimum Gasteiger partial charge on any atom is -0.351 e. The summed E-state index contributed by atoms with van der Waals surface area (Å²) in [5.41, 5.74) is 0.929. The van der Waals surface area contributed by atoms with Gasteiger partial charge >= 0.3 is 0 Å². The number of hydrogen-bond acceptors (Lipinski definition) is 3. The fourth-order valence-corrected chi connectivity index (χ4v) is 1.15. The number of pyridine rings is 1. The summed E-state index contributed by atoms with van der Waals surface area (Å²) in [7, 11) is 0. The lowest BCUT2D eigenvalue weighted by molar-refractivity contribution is -0.123. The highest BCUT2D eigenvalue weighted by atomic mass is 16.1. The fourth-order valence-electron chi connectivity index (χ4n) is 1.15. The van der Waals surface area contributed by atoms with Crippen LogP contribution < -0.4 is 5.32 Å². The van der Waals surface area contributed by atoms with Crippen LogP contribution in [0, 0.1) is 17.2 Å². The van der Waals surface area contributed by atoms with Crippen LogP contribution in [0.15, 0.2) is 24.5 Å². The fraction of sp³-hybridized carbons (Fsp3) is 0.364. The van der Waals surface area contributed by atoms with Crippen molar-refractivity contribution in [2.24, 2.45) is 5.92 Å². The van der Waals surface area contributed by atoms with Crippen LogP contribution in [0.3, 0.4) is 0 Å². The molecule has 0 spiro atoms. The van der Waals surface area contributed by atoms with Gasteiger partial charge in [-0.2, -0.15) is 5.26 Å². The van der Waals surface area contributed by atoms with Crippen LogP contribution in [-0.4, -0.2) is 10.9 Å². The van der Waals surface area contributed by atoms with Crippen molar-refractivity contribution in [3.8, 4) is 6.07 Å². The zero-order chi connectivity index (χ0) is 11.1. The monoisotopic (exact) mass is 203 g/mol. The second kappa shape index (κ2) is 5.76. The van der Waals surface area contributed by atoms with Gasteiger partial charge in [0.2, 0.25) is 5.91 Å². The van der Waals surface area contributed by atoms with Gasteiger partial charge in [-0.05, 0) is 18.1 Å². The van der Waals surface area contributed by atoms with E-state index in [1.54, 1.807) is 12.4 Å². The molecule has 0 aliphatic heterocycles. The van der Waals surface area contributed by atoms with Crippen molar-refractivity contribution in [1.82, 2.24) is 10.3 Å². The highest BCUT2D eigenvalue weighted by Gasteiger charge is 2.14. The molecule has 1 aromatic rings. The van der Waals surface area contributed by atoms with E-state index in [4.69, 9.17) is 5.26 Å². The van der Waals surface area contributed by atoms with Crippen molar-refractivity contribution >= 4 is 5.91 Å². The summed E-state index contributed by atoms with van der Waals surface area (Å²) in [4.78, 5) is 15.4. The van der Waals surface area contributed by atoms with E-state index in [9.17, 15) is 4.79 Å². The first kappa shape index (κ1) is 11.2. The molecule has 0 saturated heterocycles. The quantitative estimate of drug-likeness (QED) is 0.800. The predicted molar refractivity (Wildman–Crippen MR) is 55.5 cm³/mol. The molecule has 1 heterocycles. The van der Waals surface area contributed by atoms with E-state index in [-0.39, 0.29) is 5.91 Å². The number of carbonyl (C=O) groups excluding carboxylic acids is 1. The number of amides is 1. The molecule has 4 nitrogen and oxygen atoms in total. The van der Waals surface area contributed by atoms with Crippen molar-refractivity contribution in [1.29, 1.82) is 5.26 Å². The summed E-state index contributed by atoms with van der Waals surface area (Å²) in [6.07, 6.45) is 3.90. The number of nitrogens with one attached hydrogen (secondary N) is 1. The Morgan fingerprint density at radius 2 is 2.53 bits per heavy atom. The smallest absolute Gasteiger partial charge is 0.237 e. The maximum Gasteiger partial charge on any atom is 0.237 e. The van der Waals surface area contributed by atoms with Gasteiger partial charge < -0.3 is 5.32 Å². The molecule has 4 heteroatoms. The van der Waals surface area contributed by atoms with E-state index >= 15 is 0 Å². The third kappa shape index (κ3) is 3.39. The van der Waals surface area contributed by atoms with E-state index in [1.165, 1.54) is 0 Å². The van der Waals surface area contributed by atoms with Gasteiger partial charge in [-0.1, -0.05) is 13.0 Å². The van der Waals surface area contributed by atoms with Crippen molar-refractivity contribution in [3.05, 3.63) is 30.1 Å². The Morgan fingerprint density at radius 1 is 1.73 bits per heavy atom. The molecule has 1 N–H and O–H groups in total. The number of nitrogens with zero attached hydrogens (tertiary/aromatic N) is 2. The summed E-state index contributed by atoms with van der Waals surface area (Å²) in [6, 6.07) is 5.64. The van der Waals surface area contributed by atoms with Gasteiger partial charge in [0.1, 0.15) is 5.92 Å². The number of rotatable bonds is 4. The van der Waals surface area contributed by atoms with Crippen LogP contribution in [0.5, 0.6) is 0 Å². The predicted octanol–water partition coefficient (Wildman–Crippen LogP) is 1.25. The molecule has 0 aliphatic carbocycles. The third-order valence-corrected chi connectivity index (χ3v) is 2.07. The summed E-state index contributed by atoms with van der Waals surface area (Å²) in [6.45, 7) is 2.24. The Morgan fingerprint density at radius 3 is 3.07 bits per heavy atom. The molecular weight excluding hydrogens is 190 g/mol. The summed E-state index contributed by atoms with van der Waals surface area (Å²) >= 11 is 0. The number of aromatic nitrogens is 1. The molecule has 0 saturated carbocycles. The molecule has 1 atom stereocenters. The standard InChI is InChI=1S/C11H13N3O/c1-2-10(6-12)11(15)14-8-9-4-3-5-13-7-9/h3-5,7,10H,2,8H2,1H3,(H,14,15). The molecule has 0 bridgehead atoms. The number of nitriles is 1. The minimum atomic E-state index is -0.554. The summed E-state index contributed by atoms with van der Waals surface area (Å²) in [5.74, 6) is -0.773. The normalized spacial score (nSPS) is 11.5. The molecule has 0 fully saturated rings. The molecule has 1 unspecified atom stereocenters. The molecule has 1 aromatic heterocycles. The SMILES string of the molecule is CCC(C#N)C(=O)NCc1cccnc1. The topological polar surface area (TPSA) is 65.8 Å². The van der Waals surface area contributed by atoms with Crippen molar-refractivity contribution in [2.45, 2.75) is 19.9 Å². The highest BCUT2D eigenvalue weighted by Crippen LogP contribution is 2.01. The molecule has 78 valence electrons. The number of carbonyl (C=O) groups is 1. The molecule has 0 aliphatic rings. The Kier molecular flexibility index (Phi) is 4.30. The summed E-state index contributed by atoms with van der Waals surface area (Å²) < 4.78 is 0. The van der Waals surface area contributed by atoms with Crippen LogP contribution >= 0.6 is 0 Å². The van der Waals surface area contributed by atoms with Gasteiger partial charge in [0.25, 0.3) is 0 Å². The Bertz CT molecular complexity index is 356. The first-order valence-corrected chi connectivity index (χ1v) is 4.84. The second-order valence-corrected chi connectivity index (χ2v) is 3.17. The Hall–Kier alpha value is -1.89. The minimum absolute atomic E-state index is 0.219. The Labute approximate surface area is 88.9 Å². The lowest BCUT2D eigenvalue weighted by Crippen LogP contribution is -2.29. The van der Waals surface area contributed by atoms with Crippen molar-refractivity contribution in [2.75, 3.05) is 0 Å². The Balaban J connectivity index is 2.45. The van der Waals surface area contributed by atoms with Crippen LogP contribution in [0.2, 0.25) is 0 Å². The van der Waals surface area contributed by atoms with Crippen LogP contribution in [-0.2, 0) is 11.3 Å². The van der Waals surface area contributed by atoms with Crippen molar-refractivity contribution in [3.63, 3.8) is 0 Å². The van der Waals surface area contributed by atoms with Crippen LogP contribution in [0.4, 0.5) is 0 Å². The highest BCUT2D eigenvalue weighted by molar-refractivity contribution is 5.80. The van der Waals surface area contributed by atoms with Gasteiger partial charge in [-0.25, -0.2) is 0 Å². The maximum atomic E-state index is 11.4. The molecule has 0 aromatic carbocycles. The van der Waals surface area contributed by atoms with E-state index in [0.29, 0.717) is 13.0 Å². The molecule has 1 amide bonds. The average molecular weight is 203 g/mol. The largest absolute Gasteiger partial charge is 0.351 e. The first-order chi connectivity index (χ1) is 7.27. The maximum absolute atomic E-state index is 11.4. The average Bonchev–Trinajstić information content (AvgIpc) is 2.29. The molecule has 0 radical (unpaired) electrons. The second-order valence-electron chi connectivity index (χ2n) is 3.17. The molecule has 1 rings (SSSR count). The van der Waals surface area contributed by atoms with E-state index in [2.05, 4.69) is 10.3 Å². The van der Waals surface area contributed by atoms with Crippen molar-refractivity contribution < 1.29 is 4.79 Å². The van der Waals surface area contributed by atoms with Gasteiger partial charge in [-0.3, -0.25) is 9.78 Å². The van der Waals surface area contributed by atoms with Gasteiger partial charge in [0.05, 0.1) is 6.07 Å². The number of hydrogen-bond donors (Lipinski definition) is 1. The van der Waals surface area contributed by atoms with Gasteiger partial charge in [0, 0.05) is 18.9 Å². The van der Waals surface area contributed by atoms with Gasteiger partial charge in [-0.15, -0.1) is 0 Å². The van der Waals surface area contributed by atoms with E-state index < -0.39 is 5.92 Å². The lowest BCUT2D eigenvalue weighted by atomic mass is 10.1. The lowest BCUT2D eigenvalue weighted by Gasteiger charge is -2.07. The summed E-state index contributed by atoms with van der Waals surface area (Å²) in [5, 5.41) is 11.4. The molecule has 15 heavy (non-hydrogen) atoms. The third-order valence-electron chi connectivity index (χ3n) is 2.07. The van der Waals surface area contributed by atoms with Crippen LogP contribution in [0.25, 0.3) is 0 Å².